The number of carbonyl (C=O) groups is 1. The molecular formula is C13H18BrFN2O. The minimum Gasteiger partial charge on any atom is -0.337 e. The van der Waals surface area contributed by atoms with Gasteiger partial charge in [-0.2, -0.15) is 0 Å². The average Bonchev–Trinajstić information content (AvgIpc) is 2.28. The number of hydrogen-bond donors (Lipinski definition) is 1. The second-order valence-corrected chi connectivity index (χ2v) is 5.69. The van der Waals surface area contributed by atoms with Crippen molar-refractivity contribution in [3.63, 3.8) is 0 Å². The summed E-state index contributed by atoms with van der Waals surface area (Å²) in [5, 5.41) is 0. The van der Waals surface area contributed by atoms with Crippen LogP contribution < -0.4 is 5.73 Å². The molecule has 1 rings (SSSR count). The lowest BCUT2D eigenvalue weighted by atomic mass is 10.0. The van der Waals surface area contributed by atoms with Crippen LogP contribution >= 0.6 is 15.9 Å². The van der Waals surface area contributed by atoms with E-state index in [-0.39, 0.29) is 18.3 Å². The first-order chi connectivity index (χ1) is 8.25. The van der Waals surface area contributed by atoms with Crippen molar-refractivity contribution in [2.24, 2.45) is 5.73 Å². The molecule has 3 nitrogen and oxygen atoms in total. The van der Waals surface area contributed by atoms with Gasteiger partial charge in [-0.15, -0.1) is 0 Å². The van der Waals surface area contributed by atoms with Crippen molar-refractivity contribution in [1.29, 1.82) is 0 Å². The van der Waals surface area contributed by atoms with E-state index in [4.69, 9.17) is 5.73 Å². The largest absolute Gasteiger partial charge is 0.337 e. The Labute approximate surface area is 115 Å². The third-order valence-electron chi connectivity index (χ3n) is 2.59. The van der Waals surface area contributed by atoms with Gasteiger partial charge in [-0.1, -0.05) is 15.9 Å². The first-order valence-electron chi connectivity index (χ1n) is 5.78. The standard InChI is InChI=1S/C13H18BrFN2O/c1-4-17(12(18)13(2,3)16)8-9-7-10(14)5-6-11(9)15/h5-7H,4,8,16H2,1-3H3. The van der Waals surface area contributed by atoms with E-state index >= 15 is 0 Å². The van der Waals surface area contributed by atoms with Crippen LogP contribution in [0.4, 0.5) is 4.39 Å². The van der Waals surface area contributed by atoms with Gasteiger partial charge in [-0.3, -0.25) is 4.79 Å². The van der Waals surface area contributed by atoms with E-state index in [1.807, 2.05) is 6.92 Å². The lowest BCUT2D eigenvalue weighted by Gasteiger charge is -2.28. The van der Waals surface area contributed by atoms with E-state index in [9.17, 15) is 9.18 Å². The van der Waals surface area contributed by atoms with Crippen LogP contribution in [0.15, 0.2) is 22.7 Å². The van der Waals surface area contributed by atoms with Crippen molar-refractivity contribution in [3.8, 4) is 0 Å². The van der Waals surface area contributed by atoms with Crippen LogP contribution in [-0.4, -0.2) is 22.9 Å². The monoisotopic (exact) mass is 316 g/mol. The zero-order chi connectivity index (χ0) is 13.9. The predicted octanol–water partition coefficient (Wildman–Crippen LogP) is 2.67. The molecule has 1 aromatic carbocycles. The molecule has 2 N–H and O–H groups in total. The zero-order valence-electron chi connectivity index (χ0n) is 10.8. The normalized spacial score (nSPS) is 11.4. The number of benzene rings is 1. The third kappa shape index (κ3) is 3.78. The second kappa shape index (κ2) is 5.80. The Morgan fingerprint density at radius 2 is 2.11 bits per heavy atom. The third-order valence-corrected chi connectivity index (χ3v) is 3.08. The lowest BCUT2D eigenvalue weighted by molar-refractivity contribution is -0.136. The molecule has 0 atom stereocenters. The summed E-state index contributed by atoms with van der Waals surface area (Å²) >= 11 is 3.29. The summed E-state index contributed by atoms with van der Waals surface area (Å²) in [5.41, 5.74) is 5.31. The van der Waals surface area contributed by atoms with Crippen LogP contribution in [0.25, 0.3) is 0 Å². The number of nitrogens with zero attached hydrogens (tertiary/aromatic N) is 1. The first-order valence-corrected chi connectivity index (χ1v) is 6.57. The number of likely N-dealkylation sites (N-methyl/N-ethyl adjacent to an activating group) is 1. The molecule has 0 aliphatic rings. The number of rotatable bonds is 4. The number of amides is 1. The maximum atomic E-state index is 13.6. The summed E-state index contributed by atoms with van der Waals surface area (Å²) in [6, 6.07) is 4.68. The lowest BCUT2D eigenvalue weighted by Crippen LogP contribution is -2.50. The van der Waals surface area contributed by atoms with Crippen molar-refractivity contribution >= 4 is 21.8 Å². The van der Waals surface area contributed by atoms with Gasteiger partial charge in [0.25, 0.3) is 0 Å². The molecule has 0 radical (unpaired) electrons. The van der Waals surface area contributed by atoms with Gasteiger partial charge in [0.15, 0.2) is 0 Å². The number of hydrogen-bond acceptors (Lipinski definition) is 2. The molecule has 0 saturated heterocycles. The Morgan fingerprint density at radius 3 is 2.61 bits per heavy atom. The first kappa shape index (κ1) is 15.1. The Morgan fingerprint density at radius 1 is 1.50 bits per heavy atom. The van der Waals surface area contributed by atoms with Crippen LogP contribution in [0.3, 0.4) is 0 Å². The van der Waals surface area contributed by atoms with Crippen molar-refractivity contribution in [1.82, 2.24) is 4.90 Å². The van der Waals surface area contributed by atoms with E-state index in [1.165, 1.54) is 6.07 Å². The van der Waals surface area contributed by atoms with Gasteiger partial charge in [0.2, 0.25) is 5.91 Å². The maximum Gasteiger partial charge on any atom is 0.242 e. The molecule has 0 fully saturated rings. The van der Waals surface area contributed by atoms with Crippen LogP contribution in [-0.2, 0) is 11.3 Å². The van der Waals surface area contributed by atoms with E-state index in [1.54, 1.807) is 30.9 Å². The van der Waals surface area contributed by atoms with Gasteiger partial charge in [-0.25, -0.2) is 4.39 Å². The van der Waals surface area contributed by atoms with E-state index in [0.717, 1.165) is 4.47 Å². The molecule has 0 saturated carbocycles. The SMILES string of the molecule is CCN(Cc1cc(Br)ccc1F)C(=O)C(C)(C)N. The van der Waals surface area contributed by atoms with Crippen molar-refractivity contribution in [3.05, 3.63) is 34.1 Å². The summed E-state index contributed by atoms with van der Waals surface area (Å²) in [7, 11) is 0. The highest BCUT2D eigenvalue weighted by Crippen LogP contribution is 2.18. The Kier molecular flexibility index (Phi) is 4.87. The predicted molar refractivity (Wildman–Crippen MR) is 73.5 cm³/mol. The van der Waals surface area contributed by atoms with E-state index in [0.29, 0.717) is 12.1 Å². The fraction of sp³-hybridized carbons (Fsp3) is 0.462. The van der Waals surface area contributed by atoms with Gasteiger partial charge < -0.3 is 10.6 Å². The Hall–Kier alpha value is -0.940. The quantitative estimate of drug-likeness (QED) is 0.928. The average molecular weight is 317 g/mol. The van der Waals surface area contributed by atoms with Crippen molar-refractivity contribution in [2.45, 2.75) is 32.9 Å². The van der Waals surface area contributed by atoms with Gasteiger partial charge in [0, 0.05) is 23.1 Å². The van der Waals surface area contributed by atoms with E-state index in [2.05, 4.69) is 15.9 Å². The van der Waals surface area contributed by atoms with Crippen LogP contribution in [0, 0.1) is 5.82 Å². The molecule has 1 amide bonds. The molecular weight excluding hydrogens is 299 g/mol. The molecule has 18 heavy (non-hydrogen) atoms. The molecule has 0 aliphatic carbocycles. The number of nitrogens with two attached hydrogens (primary N) is 1. The molecule has 100 valence electrons. The molecule has 0 spiro atoms. The fourth-order valence-corrected chi connectivity index (χ4v) is 2.01. The Balaban J connectivity index is 2.93. The van der Waals surface area contributed by atoms with Crippen LogP contribution in [0.2, 0.25) is 0 Å². The van der Waals surface area contributed by atoms with Crippen molar-refractivity contribution in [2.75, 3.05) is 6.54 Å². The highest BCUT2D eigenvalue weighted by molar-refractivity contribution is 9.10. The second-order valence-electron chi connectivity index (χ2n) is 4.78. The topological polar surface area (TPSA) is 46.3 Å². The summed E-state index contributed by atoms with van der Waals surface area (Å²) in [5.74, 6) is -0.511. The summed E-state index contributed by atoms with van der Waals surface area (Å²) in [6.07, 6.45) is 0. The maximum absolute atomic E-state index is 13.6. The summed E-state index contributed by atoms with van der Waals surface area (Å²) in [6.45, 7) is 5.86. The summed E-state index contributed by atoms with van der Waals surface area (Å²) in [4.78, 5) is 13.6. The molecule has 0 unspecified atom stereocenters. The molecule has 0 aromatic heterocycles. The number of carbonyl (C=O) groups excluding carboxylic acids is 1. The molecule has 5 heteroatoms. The highest BCUT2D eigenvalue weighted by Gasteiger charge is 2.27. The Bertz CT molecular complexity index is 443. The van der Waals surface area contributed by atoms with Crippen molar-refractivity contribution < 1.29 is 9.18 Å². The number of halogens is 2. The highest BCUT2D eigenvalue weighted by atomic mass is 79.9. The van der Waals surface area contributed by atoms with Gasteiger partial charge in [0.05, 0.1) is 5.54 Å². The molecule has 0 bridgehead atoms. The molecule has 1 aromatic rings. The minimum absolute atomic E-state index is 0.190. The fourth-order valence-electron chi connectivity index (χ4n) is 1.60. The van der Waals surface area contributed by atoms with Crippen LogP contribution in [0.5, 0.6) is 0 Å². The van der Waals surface area contributed by atoms with Crippen LogP contribution in [0.1, 0.15) is 26.3 Å². The smallest absolute Gasteiger partial charge is 0.242 e. The van der Waals surface area contributed by atoms with Gasteiger partial charge >= 0.3 is 0 Å². The van der Waals surface area contributed by atoms with Gasteiger partial charge in [-0.05, 0) is 39.0 Å². The minimum atomic E-state index is -0.946. The zero-order valence-corrected chi connectivity index (χ0v) is 12.4. The molecule has 0 heterocycles. The van der Waals surface area contributed by atoms with Gasteiger partial charge in [0.1, 0.15) is 5.82 Å². The summed E-state index contributed by atoms with van der Waals surface area (Å²) < 4.78 is 14.4. The van der Waals surface area contributed by atoms with E-state index < -0.39 is 5.54 Å². The molecule has 0 aliphatic heterocycles.